The van der Waals surface area contributed by atoms with Gasteiger partial charge in [0.05, 0.1) is 0 Å². The number of rotatable bonds is 7. The molecule has 2 aromatic heterocycles. The topological polar surface area (TPSA) is 38.7 Å². The third-order valence-corrected chi connectivity index (χ3v) is 11.4. The molecule has 0 aliphatic rings. The monoisotopic (exact) mass is 719 g/mol. The Morgan fingerprint density at radius 2 is 0.691 bits per heavy atom. The van der Waals surface area contributed by atoms with Crippen molar-refractivity contribution in [1.29, 1.82) is 0 Å². The van der Waals surface area contributed by atoms with E-state index >= 15 is 0 Å². The van der Waals surface area contributed by atoms with Gasteiger partial charge in [-0.05, 0) is 57.1 Å². The van der Waals surface area contributed by atoms with Crippen molar-refractivity contribution in [2.24, 2.45) is 0 Å². The maximum absolute atomic E-state index is 5.07. The quantitative estimate of drug-likeness (QED) is 0.165. The number of thiophene rings is 1. The lowest BCUT2D eigenvalue weighted by molar-refractivity contribution is 1.07. The predicted octanol–water partition coefficient (Wildman–Crippen LogP) is 13.9. The number of hydrogen-bond donors (Lipinski definition) is 0. The summed E-state index contributed by atoms with van der Waals surface area (Å²) < 4.78 is 2.58. The largest absolute Gasteiger partial charge is 0.208 e. The molecule has 0 saturated heterocycles. The SMILES string of the molecule is c1ccc(-c2cccc(-c3nc(-c4ccccc4)nc(-c4ccc(-c5cccc6c5sc5c(-c7ccccc7)cc(-c7ccccc7)cc56)cc4)n3)c2)cc1. The number of aromatic nitrogens is 3. The van der Waals surface area contributed by atoms with Gasteiger partial charge in [-0.3, -0.25) is 0 Å². The van der Waals surface area contributed by atoms with E-state index in [4.69, 9.17) is 15.0 Å². The highest BCUT2D eigenvalue weighted by atomic mass is 32.1. The highest BCUT2D eigenvalue weighted by Crippen LogP contribution is 2.46. The zero-order valence-electron chi connectivity index (χ0n) is 29.8. The summed E-state index contributed by atoms with van der Waals surface area (Å²) in [5.74, 6) is 1.93. The fourth-order valence-electron chi connectivity index (χ4n) is 7.37. The second-order valence-corrected chi connectivity index (χ2v) is 14.6. The average molecular weight is 720 g/mol. The lowest BCUT2D eigenvalue weighted by atomic mass is 9.95. The zero-order chi connectivity index (χ0) is 36.6. The van der Waals surface area contributed by atoms with Crippen LogP contribution < -0.4 is 0 Å². The molecule has 0 fully saturated rings. The third kappa shape index (κ3) is 6.29. The number of hydrogen-bond acceptors (Lipinski definition) is 4. The summed E-state index contributed by atoms with van der Waals surface area (Å²) in [4.78, 5) is 15.1. The molecule has 0 atom stereocenters. The van der Waals surface area contributed by atoms with E-state index in [1.54, 1.807) is 0 Å². The smallest absolute Gasteiger partial charge is 0.164 e. The minimum Gasteiger partial charge on any atom is -0.208 e. The van der Waals surface area contributed by atoms with Gasteiger partial charge in [-0.25, -0.2) is 15.0 Å². The van der Waals surface area contributed by atoms with E-state index in [2.05, 4.69) is 164 Å². The minimum atomic E-state index is 0.640. The van der Waals surface area contributed by atoms with E-state index < -0.39 is 0 Å². The van der Waals surface area contributed by atoms with Crippen molar-refractivity contribution >= 4 is 31.5 Å². The standard InChI is InChI=1S/C51H33N3S/c1-5-15-34(16-6-1)40-23-13-24-41(31-40)51-53-49(38-21-11-4-12-22-38)52-50(54-51)39-29-27-37(28-30-39)43-25-14-26-44-46-33-42(35-17-7-2-8-18-35)32-45(48(46)55-47(43)44)36-19-9-3-10-20-36/h1-33H. The average Bonchev–Trinajstić information content (AvgIpc) is 3.66. The molecule has 10 aromatic rings. The first-order chi connectivity index (χ1) is 27.2. The Labute approximate surface area is 323 Å². The van der Waals surface area contributed by atoms with Gasteiger partial charge in [-0.1, -0.05) is 182 Å². The first-order valence-electron chi connectivity index (χ1n) is 18.4. The zero-order valence-corrected chi connectivity index (χ0v) is 30.6. The summed E-state index contributed by atoms with van der Waals surface area (Å²) in [6, 6.07) is 70.5. The molecule has 0 amide bonds. The van der Waals surface area contributed by atoms with Crippen LogP contribution in [0.4, 0.5) is 0 Å². The maximum Gasteiger partial charge on any atom is 0.164 e. The van der Waals surface area contributed by atoms with Crippen molar-refractivity contribution in [3.8, 4) is 78.7 Å². The van der Waals surface area contributed by atoms with Crippen LogP contribution in [0.3, 0.4) is 0 Å². The van der Waals surface area contributed by atoms with E-state index in [-0.39, 0.29) is 0 Å². The predicted molar refractivity (Wildman–Crippen MR) is 231 cm³/mol. The summed E-state index contributed by atoms with van der Waals surface area (Å²) >= 11 is 1.87. The van der Waals surface area contributed by atoms with Crippen molar-refractivity contribution in [2.45, 2.75) is 0 Å². The van der Waals surface area contributed by atoms with E-state index in [1.165, 1.54) is 48.0 Å². The molecule has 258 valence electrons. The van der Waals surface area contributed by atoms with Gasteiger partial charge in [0.2, 0.25) is 0 Å². The van der Waals surface area contributed by atoms with Crippen LogP contribution in [0.5, 0.6) is 0 Å². The fraction of sp³-hybridized carbons (Fsp3) is 0. The van der Waals surface area contributed by atoms with Crippen molar-refractivity contribution in [1.82, 2.24) is 15.0 Å². The van der Waals surface area contributed by atoms with Crippen LogP contribution in [0, 0.1) is 0 Å². The minimum absolute atomic E-state index is 0.640. The van der Waals surface area contributed by atoms with Crippen molar-refractivity contribution in [3.05, 3.63) is 200 Å². The molecule has 55 heavy (non-hydrogen) atoms. The summed E-state index contributed by atoms with van der Waals surface area (Å²) in [6.45, 7) is 0. The lowest BCUT2D eigenvalue weighted by Crippen LogP contribution is -2.00. The highest BCUT2D eigenvalue weighted by molar-refractivity contribution is 7.26. The summed E-state index contributed by atoms with van der Waals surface area (Å²) in [7, 11) is 0. The van der Waals surface area contributed by atoms with Gasteiger partial charge in [-0.2, -0.15) is 0 Å². The Morgan fingerprint density at radius 3 is 1.33 bits per heavy atom. The Bertz CT molecular complexity index is 2940. The number of fused-ring (bicyclic) bond motifs is 3. The molecule has 4 heteroatoms. The van der Waals surface area contributed by atoms with Crippen LogP contribution in [0.25, 0.3) is 98.8 Å². The summed E-state index contributed by atoms with van der Waals surface area (Å²) in [5, 5.41) is 2.55. The van der Waals surface area contributed by atoms with Gasteiger partial charge >= 0.3 is 0 Å². The van der Waals surface area contributed by atoms with E-state index in [0.717, 1.165) is 33.4 Å². The van der Waals surface area contributed by atoms with Crippen LogP contribution in [-0.2, 0) is 0 Å². The van der Waals surface area contributed by atoms with E-state index in [9.17, 15) is 0 Å². The molecule has 10 rings (SSSR count). The van der Waals surface area contributed by atoms with Crippen LogP contribution in [0.1, 0.15) is 0 Å². The number of benzene rings is 8. The number of nitrogens with zero attached hydrogens (tertiary/aromatic N) is 3. The van der Waals surface area contributed by atoms with Crippen molar-refractivity contribution in [2.75, 3.05) is 0 Å². The van der Waals surface area contributed by atoms with Gasteiger partial charge < -0.3 is 0 Å². The Hall–Kier alpha value is -7.01. The third-order valence-electron chi connectivity index (χ3n) is 10.1. The molecule has 0 spiro atoms. The van der Waals surface area contributed by atoms with Gasteiger partial charge in [0.25, 0.3) is 0 Å². The molecule has 3 nitrogen and oxygen atoms in total. The van der Waals surface area contributed by atoms with Gasteiger partial charge in [0.15, 0.2) is 17.5 Å². The Morgan fingerprint density at radius 1 is 0.255 bits per heavy atom. The van der Waals surface area contributed by atoms with Crippen LogP contribution >= 0.6 is 11.3 Å². The van der Waals surface area contributed by atoms with Crippen LogP contribution in [0.2, 0.25) is 0 Å². The Kier molecular flexibility index (Phi) is 8.36. The Balaban J connectivity index is 1.08. The normalized spacial score (nSPS) is 11.3. The summed E-state index contributed by atoms with van der Waals surface area (Å²) in [5.41, 5.74) is 12.4. The molecule has 0 unspecified atom stereocenters. The molecular weight excluding hydrogens is 687 g/mol. The first-order valence-corrected chi connectivity index (χ1v) is 19.3. The second kappa shape index (κ2) is 14.1. The van der Waals surface area contributed by atoms with Crippen LogP contribution in [-0.4, -0.2) is 15.0 Å². The highest BCUT2D eigenvalue weighted by Gasteiger charge is 2.17. The fourth-order valence-corrected chi connectivity index (χ4v) is 8.73. The van der Waals surface area contributed by atoms with Crippen molar-refractivity contribution in [3.63, 3.8) is 0 Å². The molecular formula is C51H33N3S. The molecule has 0 saturated carbocycles. The summed E-state index contributed by atoms with van der Waals surface area (Å²) in [6.07, 6.45) is 0. The molecule has 0 bridgehead atoms. The first kappa shape index (κ1) is 32.6. The maximum atomic E-state index is 5.07. The van der Waals surface area contributed by atoms with Gasteiger partial charge in [0, 0.05) is 42.4 Å². The molecule has 0 aliphatic carbocycles. The molecule has 2 heterocycles. The molecule has 0 aliphatic heterocycles. The van der Waals surface area contributed by atoms with Crippen molar-refractivity contribution < 1.29 is 0 Å². The van der Waals surface area contributed by atoms with Gasteiger partial charge in [-0.15, -0.1) is 11.3 Å². The van der Waals surface area contributed by atoms with Gasteiger partial charge in [0.1, 0.15) is 0 Å². The van der Waals surface area contributed by atoms with E-state index in [1.807, 2.05) is 47.7 Å². The molecule has 8 aromatic carbocycles. The molecule has 0 N–H and O–H groups in total. The van der Waals surface area contributed by atoms with E-state index in [0.29, 0.717) is 17.5 Å². The van der Waals surface area contributed by atoms with Crippen LogP contribution in [0.15, 0.2) is 200 Å². The molecule has 0 radical (unpaired) electrons. The lowest BCUT2D eigenvalue weighted by Gasteiger charge is -2.10. The second-order valence-electron chi connectivity index (χ2n) is 13.6.